The van der Waals surface area contributed by atoms with Gasteiger partial charge in [0.15, 0.2) is 0 Å². The standard InChI is InChI=1S/C17H11F12NO2/c1-32-10(31)6-8(14(20,21)22)11-7-4-2-3-5-9(7)30-12(11)13(18,19)15(23,24)16(25,26)17(27,28)29/h2-5,8,30H,6H2,1H3. The van der Waals surface area contributed by atoms with Crippen molar-refractivity contribution in [3.63, 3.8) is 0 Å². The van der Waals surface area contributed by atoms with Crippen molar-refractivity contribution < 1.29 is 62.2 Å². The fourth-order valence-corrected chi connectivity index (χ4v) is 2.94. The summed E-state index contributed by atoms with van der Waals surface area (Å²) in [5.74, 6) is -26.0. The molecule has 0 fully saturated rings. The van der Waals surface area contributed by atoms with Crippen LogP contribution in [0.1, 0.15) is 23.6 Å². The maximum Gasteiger partial charge on any atom is 0.460 e. The molecule has 15 heteroatoms. The Bertz CT molecular complexity index is 990. The number of hydrogen-bond acceptors (Lipinski definition) is 2. The number of carbonyl (C=O) groups excluding carboxylic acids is 1. The molecule has 1 N–H and O–H groups in total. The van der Waals surface area contributed by atoms with E-state index in [-0.39, 0.29) is 0 Å². The highest BCUT2D eigenvalue weighted by molar-refractivity contribution is 5.86. The zero-order valence-electron chi connectivity index (χ0n) is 15.4. The number of methoxy groups -OCH3 is 1. The van der Waals surface area contributed by atoms with E-state index < -0.39 is 70.6 Å². The van der Waals surface area contributed by atoms with Crippen LogP contribution in [0.5, 0.6) is 0 Å². The first kappa shape index (κ1) is 25.6. The number of nitrogens with one attached hydrogen (secondary N) is 1. The van der Waals surface area contributed by atoms with Gasteiger partial charge < -0.3 is 9.72 Å². The molecule has 0 bridgehead atoms. The topological polar surface area (TPSA) is 42.1 Å². The molecule has 0 amide bonds. The molecule has 0 saturated carbocycles. The molecule has 2 rings (SSSR count). The Morgan fingerprint density at radius 2 is 1.44 bits per heavy atom. The largest absolute Gasteiger partial charge is 0.469 e. The van der Waals surface area contributed by atoms with Crippen LogP contribution >= 0.6 is 0 Å². The normalized spacial score (nSPS) is 15.2. The summed E-state index contributed by atoms with van der Waals surface area (Å²) in [6.07, 6.45) is -14.5. The maximum atomic E-state index is 14.6. The van der Waals surface area contributed by atoms with Gasteiger partial charge in [0.2, 0.25) is 0 Å². The fourth-order valence-electron chi connectivity index (χ4n) is 2.94. The van der Waals surface area contributed by atoms with E-state index in [1.54, 1.807) is 0 Å². The van der Waals surface area contributed by atoms with Gasteiger partial charge in [-0.05, 0) is 11.6 Å². The second kappa shape index (κ2) is 7.76. The molecule has 1 atom stereocenters. The molecule has 180 valence electrons. The van der Waals surface area contributed by atoms with Crippen LogP contribution in [0.25, 0.3) is 10.9 Å². The number of carbonyl (C=O) groups is 1. The number of alkyl halides is 12. The SMILES string of the molecule is COC(=O)CC(c1c(C(F)(F)C(F)(F)C(F)(F)C(F)(F)F)[nH]c2ccccc12)C(F)(F)F. The summed E-state index contributed by atoms with van der Waals surface area (Å²) >= 11 is 0. The number of halogens is 12. The highest BCUT2D eigenvalue weighted by Crippen LogP contribution is 2.58. The third-order valence-electron chi connectivity index (χ3n) is 4.55. The molecule has 1 aromatic carbocycles. The van der Waals surface area contributed by atoms with Gasteiger partial charge in [0.1, 0.15) is 0 Å². The Kier molecular flexibility index (Phi) is 6.22. The number of H-pyrrole nitrogens is 1. The van der Waals surface area contributed by atoms with E-state index >= 15 is 0 Å². The minimum Gasteiger partial charge on any atom is -0.469 e. The molecule has 32 heavy (non-hydrogen) atoms. The molecule has 0 aliphatic heterocycles. The Balaban J connectivity index is 2.89. The number of aromatic amines is 1. The lowest BCUT2D eigenvalue weighted by atomic mass is 9.88. The van der Waals surface area contributed by atoms with Crippen LogP contribution in [-0.4, -0.2) is 42.3 Å². The lowest BCUT2D eigenvalue weighted by Gasteiger charge is -2.34. The van der Waals surface area contributed by atoms with Gasteiger partial charge in [-0.25, -0.2) is 0 Å². The monoisotopic (exact) mass is 489 g/mol. The molecule has 1 heterocycles. The van der Waals surface area contributed by atoms with E-state index in [2.05, 4.69) is 4.74 Å². The summed E-state index contributed by atoms with van der Waals surface area (Å²) in [5.41, 5.74) is -5.04. The van der Waals surface area contributed by atoms with Gasteiger partial charge in [0.05, 0.1) is 25.1 Å². The van der Waals surface area contributed by atoms with Gasteiger partial charge in [0, 0.05) is 10.9 Å². The summed E-state index contributed by atoms with van der Waals surface area (Å²) in [6.45, 7) is 0. The van der Waals surface area contributed by atoms with Gasteiger partial charge in [-0.2, -0.15) is 52.7 Å². The summed E-state index contributed by atoms with van der Waals surface area (Å²) < 4.78 is 166. The third-order valence-corrected chi connectivity index (χ3v) is 4.55. The van der Waals surface area contributed by atoms with Crippen LogP contribution in [0.4, 0.5) is 52.7 Å². The van der Waals surface area contributed by atoms with E-state index in [9.17, 15) is 57.5 Å². The van der Waals surface area contributed by atoms with Crippen molar-refractivity contribution in [1.29, 1.82) is 0 Å². The van der Waals surface area contributed by atoms with Crippen LogP contribution in [0.3, 0.4) is 0 Å². The number of esters is 1. The van der Waals surface area contributed by atoms with Crippen molar-refractivity contribution in [1.82, 2.24) is 4.98 Å². The second-order valence-electron chi connectivity index (χ2n) is 6.55. The minimum absolute atomic E-state index is 0.624. The second-order valence-corrected chi connectivity index (χ2v) is 6.55. The van der Waals surface area contributed by atoms with Crippen LogP contribution in [-0.2, 0) is 15.5 Å². The number of rotatable bonds is 6. The molecular formula is C17H11F12NO2. The Morgan fingerprint density at radius 3 is 1.91 bits per heavy atom. The number of ether oxygens (including phenoxy) is 1. The quantitative estimate of drug-likeness (QED) is 0.382. The first-order chi connectivity index (χ1) is 14.3. The van der Waals surface area contributed by atoms with Gasteiger partial charge in [0.25, 0.3) is 0 Å². The molecule has 1 unspecified atom stereocenters. The van der Waals surface area contributed by atoms with Crippen LogP contribution < -0.4 is 0 Å². The first-order valence-electron chi connectivity index (χ1n) is 8.25. The lowest BCUT2D eigenvalue weighted by Crippen LogP contribution is -2.59. The summed E-state index contributed by atoms with van der Waals surface area (Å²) in [7, 11) is 0.624. The number of benzene rings is 1. The van der Waals surface area contributed by atoms with E-state index in [1.165, 1.54) is 4.98 Å². The molecule has 0 aliphatic rings. The zero-order chi connectivity index (χ0) is 24.9. The Labute approximate surface area is 170 Å². The van der Waals surface area contributed by atoms with Crippen molar-refractivity contribution >= 4 is 16.9 Å². The average molecular weight is 489 g/mol. The lowest BCUT2D eigenvalue weighted by molar-refractivity contribution is -0.400. The van der Waals surface area contributed by atoms with Gasteiger partial charge in [-0.3, -0.25) is 4.79 Å². The molecule has 1 aromatic heterocycles. The van der Waals surface area contributed by atoms with Crippen molar-refractivity contribution in [2.24, 2.45) is 0 Å². The fraction of sp³-hybridized carbons (Fsp3) is 0.471. The van der Waals surface area contributed by atoms with Crippen LogP contribution in [0.2, 0.25) is 0 Å². The highest BCUT2D eigenvalue weighted by atomic mass is 19.4. The van der Waals surface area contributed by atoms with E-state index in [1.807, 2.05) is 0 Å². The summed E-state index contributed by atoms with van der Waals surface area (Å²) in [5, 5.41) is -0.848. The minimum atomic E-state index is -7.33. The molecule has 3 nitrogen and oxygen atoms in total. The van der Waals surface area contributed by atoms with Crippen LogP contribution in [0.15, 0.2) is 24.3 Å². The van der Waals surface area contributed by atoms with Crippen molar-refractivity contribution in [3.05, 3.63) is 35.5 Å². The maximum absolute atomic E-state index is 14.6. The van der Waals surface area contributed by atoms with E-state index in [4.69, 9.17) is 0 Å². The molecule has 0 saturated heterocycles. The van der Waals surface area contributed by atoms with E-state index in [0.29, 0.717) is 13.2 Å². The predicted molar refractivity (Wildman–Crippen MR) is 83.6 cm³/mol. The predicted octanol–water partition coefficient (Wildman–Crippen LogP) is 6.30. The molecule has 0 spiro atoms. The van der Waals surface area contributed by atoms with Crippen molar-refractivity contribution in [3.8, 4) is 0 Å². The third kappa shape index (κ3) is 3.96. The van der Waals surface area contributed by atoms with Gasteiger partial charge in [-0.1, -0.05) is 18.2 Å². The van der Waals surface area contributed by atoms with Crippen molar-refractivity contribution in [2.45, 2.75) is 42.5 Å². The first-order valence-corrected chi connectivity index (χ1v) is 8.25. The number of fused-ring (bicyclic) bond motifs is 1. The smallest absolute Gasteiger partial charge is 0.460 e. The number of aromatic nitrogens is 1. The van der Waals surface area contributed by atoms with Crippen molar-refractivity contribution in [2.75, 3.05) is 7.11 Å². The Hall–Kier alpha value is -2.61. The summed E-state index contributed by atoms with van der Waals surface area (Å²) in [4.78, 5) is 12.8. The number of para-hydroxylation sites is 1. The zero-order valence-corrected chi connectivity index (χ0v) is 15.4. The molecule has 0 radical (unpaired) electrons. The van der Waals surface area contributed by atoms with Gasteiger partial charge >= 0.3 is 36.1 Å². The van der Waals surface area contributed by atoms with E-state index in [0.717, 1.165) is 18.2 Å². The number of hydrogen-bond donors (Lipinski definition) is 1. The average Bonchev–Trinajstić information content (AvgIpc) is 3.03. The van der Waals surface area contributed by atoms with Gasteiger partial charge in [-0.15, -0.1) is 0 Å². The molecular weight excluding hydrogens is 478 g/mol. The molecule has 0 aliphatic carbocycles. The van der Waals surface area contributed by atoms with Crippen LogP contribution in [0, 0.1) is 0 Å². The molecule has 2 aromatic rings. The Morgan fingerprint density at radius 1 is 0.906 bits per heavy atom. The highest BCUT2D eigenvalue weighted by Gasteiger charge is 2.82. The summed E-state index contributed by atoms with van der Waals surface area (Å²) in [6, 6.07) is 3.51.